The van der Waals surface area contributed by atoms with E-state index in [0.29, 0.717) is 12.0 Å². The number of piperazine rings is 1. The zero-order chi connectivity index (χ0) is 17.5. The minimum Gasteiger partial charge on any atom is -0.368 e. The summed E-state index contributed by atoms with van der Waals surface area (Å²) in [4.78, 5) is 7.76. The van der Waals surface area contributed by atoms with Gasteiger partial charge in [-0.15, -0.1) is 0 Å². The van der Waals surface area contributed by atoms with Crippen LogP contribution >= 0.6 is 11.8 Å². The van der Waals surface area contributed by atoms with Crippen molar-refractivity contribution >= 4 is 11.8 Å². The number of ether oxygens (including phenoxy) is 1. The van der Waals surface area contributed by atoms with Crippen molar-refractivity contribution in [2.45, 2.75) is 34.3 Å². The van der Waals surface area contributed by atoms with E-state index in [0.717, 1.165) is 26.1 Å². The predicted molar refractivity (Wildman–Crippen MR) is 106 cm³/mol. The van der Waals surface area contributed by atoms with Gasteiger partial charge >= 0.3 is 0 Å². The Morgan fingerprint density at radius 3 is 2.35 bits per heavy atom. The van der Waals surface area contributed by atoms with Gasteiger partial charge in [-0.05, 0) is 36.7 Å². The van der Waals surface area contributed by atoms with Crippen molar-refractivity contribution in [3.05, 3.63) is 59.7 Å². The van der Waals surface area contributed by atoms with Crippen LogP contribution in [-0.4, -0.2) is 55.7 Å². The number of likely N-dealkylation sites (N-methyl/N-ethyl adjacent to an activating group) is 1. The van der Waals surface area contributed by atoms with Crippen molar-refractivity contribution in [2.75, 3.05) is 39.8 Å². The van der Waals surface area contributed by atoms with Crippen molar-refractivity contribution < 1.29 is 4.74 Å². The average Bonchev–Trinajstić information content (AvgIpc) is 3.03. The van der Waals surface area contributed by atoms with E-state index in [2.05, 4.69) is 65.4 Å². The molecular weight excluding hydrogens is 340 g/mol. The highest BCUT2D eigenvalue weighted by Crippen LogP contribution is 2.53. The molecule has 3 nitrogen and oxygen atoms in total. The van der Waals surface area contributed by atoms with E-state index in [1.807, 2.05) is 11.8 Å². The molecule has 26 heavy (non-hydrogen) atoms. The molecule has 3 aliphatic rings. The molecule has 2 aromatic rings. The summed E-state index contributed by atoms with van der Waals surface area (Å²) in [6.07, 6.45) is 1.65. The van der Waals surface area contributed by atoms with Crippen LogP contribution in [0, 0.1) is 0 Å². The highest BCUT2D eigenvalue weighted by molar-refractivity contribution is 7.99. The molecule has 1 unspecified atom stereocenters. The Hall–Kier alpha value is -1.33. The van der Waals surface area contributed by atoms with Gasteiger partial charge in [0, 0.05) is 48.4 Å². The summed E-state index contributed by atoms with van der Waals surface area (Å²) < 4.78 is 6.69. The summed E-state index contributed by atoms with van der Waals surface area (Å²) in [5, 5.41) is 0. The Bertz CT molecular complexity index is 734. The number of benzene rings is 2. The fourth-order valence-electron chi connectivity index (χ4n) is 4.59. The van der Waals surface area contributed by atoms with Crippen LogP contribution in [0.15, 0.2) is 58.3 Å². The van der Waals surface area contributed by atoms with Gasteiger partial charge in [0.2, 0.25) is 0 Å². The molecule has 5 rings (SSSR count). The minimum absolute atomic E-state index is 0.194. The molecule has 3 heterocycles. The third kappa shape index (κ3) is 3.09. The normalized spacial score (nSPS) is 28.9. The highest BCUT2D eigenvalue weighted by Gasteiger charge is 2.41. The maximum atomic E-state index is 6.69. The molecule has 2 saturated heterocycles. The summed E-state index contributed by atoms with van der Waals surface area (Å²) in [5.41, 5.74) is 2.85. The maximum Gasteiger partial charge on any atom is 0.0910 e. The van der Waals surface area contributed by atoms with Crippen LogP contribution in [0.3, 0.4) is 0 Å². The first kappa shape index (κ1) is 16.8. The highest BCUT2D eigenvalue weighted by atomic mass is 32.2. The third-order valence-corrected chi connectivity index (χ3v) is 7.23. The SMILES string of the molecule is CN1CCN(CC2C[C@@H]3c4ccccc4Sc4ccccc4[C@H]3O2)CC1. The topological polar surface area (TPSA) is 15.7 Å². The summed E-state index contributed by atoms with van der Waals surface area (Å²) in [7, 11) is 2.22. The maximum absolute atomic E-state index is 6.69. The lowest BCUT2D eigenvalue weighted by molar-refractivity contribution is 0.0101. The Labute approximate surface area is 160 Å². The predicted octanol–water partition coefficient (Wildman–Crippen LogP) is 4.01. The first-order valence-electron chi connectivity index (χ1n) is 9.70. The van der Waals surface area contributed by atoms with Crippen LogP contribution in [0.5, 0.6) is 0 Å². The fourth-order valence-corrected chi connectivity index (χ4v) is 5.76. The summed E-state index contributed by atoms with van der Waals surface area (Å²) in [6.45, 7) is 5.73. The quantitative estimate of drug-likeness (QED) is 0.798. The van der Waals surface area contributed by atoms with Gasteiger partial charge < -0.3 is 9.64 Å². The van der Waals surface area contributed by atoms with Crippen molar-refractivity contribution in [3.8, 4) is 0 Å². The summed E-state index contributed by atoms with van der Waals surface area (Å²) in [6, 6.07) is 17.7. The second-order valence-corrected chi connectivity index (χ2v) is 8.89. The van der Waals surface area contributed by atoms with Crippen LogP contribution in [-0.2, 0) is 4.74 Å². The number of hydrogen-bond acceptors (Lipinski definition) is 4. The van der Waals surface area contributed by atoms with Gasteiger partial charge in [0.1, 0.15) is 0 Å². The lowest BCUT2D eigenvalue weighted by Gasteiger charge is -2.33. The second kappa shape index (κ2) is 7.01. The third-order valence-electron chi connectivity index (χ3n) is 6.04. The lowest BCUT2D eigenvalue weighted by atomic mass is 9.87. The number of hydrogen-bond donors (Lipinski definition) is 0. The number of fused-ring (bicyclic) bond motifs is 5. The molecule has 0 radical (unpaired) electrons. The van der Waals surface area contributed by atoms with Crippen LogP contribution in [0.1, 0.15) is 29.6 Å². The van der Waals surface area contributed by atoms with E-state index < -0.39 is 0 Å². The second-order valence-electron chi connectivity index (χ2n) is 7.80. The Morgan fingerprint density at radius 1 is 0.923 bits per heavy atom. The van der Waals surface area contributed by atoms with Gasteiger partial charge in [-0.1, -0.05) is 48.2 Å². The first-order valence-corrected chi connectivity index (χ1v) is 10.5. The zero-order valence-electron chi connectivity index (χ0n) is 15.3. The van der Waals surface area contributed by atoms with E-state index in [4.69, 9.17) is 4.74 Å². The Morgan fingerprint density at radius 2 is 1.58 bits per heavy atom. The lowest BCUT2D eigenvalue weighted by Crippen LogP contribution is -2.46. The molecule has 0 bridgehead atoms. The smallest absolute Gasteiger partial charge is 0.0910 e. The molecule has 3 atom stereocenters. The van der Waals surface area contributed by atoms with E-state index in [9.17, 15) is 0 Å². The molecule has 136 valence electrons. The van der Waals surface area contributed by atoms with E-state index in [1.54, 1.807) is 0 Å². The molecule has 0 spiro atoms. The molecule has 0 N–H and O–H groups in total. The van der Waals surface area contributed by atoms with Crippen LogP contribution < -0.4 is 0 Å². The van der Waals surface area contributed by atoms with Gasteiger partial charge in [0.25, 0.3) is 0 Å². The molecular formula is C22H26N2OS. The van der Waals surface area contributed by atoms with Gasteiger partial charge in [-0.3, -0.25) is 4.90 Å². The van der Waals surface area contributed by atoms with Crippen molar-refractivity contribution in [1.29, 1.82) is 0 Å². The molecule has 0 aromatic heterocycles. The molecule has 0 saturated carbocycles. The summed E-state index contributed by atoms with van der Waals surface area (Å²) in [5.74, 6) is 0.472. The van der Waals surface area contributed by atoms with Crippen LogP contribution in [0.4, 0.5) is 0 Å². The van der Waals surface area contributed by atoms with Gasteiger partial charge in [0.15, 0.2) is 0 Å². The van der Waals surface area contributed by atoms with E-state index in [-0.39, 0.29) is 6.10 Å². The fraction of sp³-hybridized carbons (Fsp3) is 0.455. The first-order chi connectivity index (χ1) is 12.8. The van der Waals surface area contributed by atoms with Crippen molar-refractivity contribution in [1.82, 2.24) is 9.80 Å². The largest absolute Gasteiger partial charge is 0.368 e. The van der Waals surface area contributed by atoms with Gasteiger partial charge in [-0.25, -0.2) is 0 Å². The van der Waals surface area contributed by atoms with Crippen molar-refractivity contribution in [3.63, 3.8) is 0 Å². The van der Waals surface area contributed by atoms with Crippen LogP contribution in [0.2, 0.25) is 0 Å². The monoisotopic (exact) mass is 366 g/mol. The van der Waals surface area contributed by atoms with E-state index >= 15 is 0 Å². The minimum atomic E-state index is 0.194. The van der Waals surface area contributed by atoms with Crippen LogP contribution in [0.25, 0.3) is 0 Å². The van der Waals surface area contributed by atoms with Gasteiger partial charge in [0.05, 0.1) is 12.2 Å². The van der Waals surface area contributed by atoms with Gasteiger partial charge in [-0.2, -0.15) is 0 Å². The van der Waals surface area contributed by atoms with Crippen molar-refractivity contribution in [2.24, 2.45) is 0 Å². The summed E-state index contributed by atoms with van der Waals surface area (Å²) >= 11 is 1.90. The molecule has 3 aliphatic heterocycles. The molecule has 4 heteroatoms. The van der Waals surface area contributed by atoms with E-state index in [1.165, 1.54) is 34.0 Å². The molecule has 0 amide bonds. The standard InChI is InChI=1S/C22H26N2OS/c1-23-10-12-24(13-11-23)15-16-14-19-17-6-2-4-8-20(17)26-21-9-5-3-7-18(21)22(19)25-16/h2-9,16,19,22H,10-15H2,1H3/t16?,19-,22-/m1/s1. The Balaban J connectivity index is 1.43. The molecule has 0 aliphatic carbocycles. The number of rotatable bonds is 2. The molecule has 2 fully saturated rings. The zero-order valence-corrected chi connectivity index (χ0v) is 16.1. The number of nitrogens with zero attached hydrogens (tertiary/aromatic N) is 2. The average molecular weight is 367 g/mol. The Kier molecular flexibility index (Phi) is 4.53. The molecule has 2 aromatic carbocycles.